The van der Waals surface area contributed by atoms with E-state index in [9.17, 15) is 5.11 Å². The van der Waals surface area contributed by atoms with Crippen LogP contribution in [0.3, 0.4) is 0 Å². The van der Waals surface area contributed by atoms with Gasteiger partial charge in [-0.2, -0.15) is 0 Å². The summed E-state index contributed by atoms with van der Waals surface area (Å²) in [5.74, 6) is 1.41. The SMILES string of the molecule is CCNc1ccc(CN2CCC3(O)CCCCC3C2)cn1. The summed E-state index contributed by atoms with van der Waals surface area (Å²) in [6, 6.07) is 4.21. The first kappa shape index (κ1) is 14.8. The molecule has 21 heavy (non-hydrogen) atoms. The maximum Gasteiger partial charge on any atom is 0.125 e. The highest BCUT2D eigenvalue weighted by Gasteiger charge is 2.42. The number of aromatic nitrogens is 1. The molecule has 1 aromatic rings. The summed E-state index contributed by atoms with van der Waals surface area (Å²) >= 11 is 0. The molecule has 4 heteroatoms. The predicted molar refractivity (Wildman–Crippen MR) is 85.2 cm³/mol. The van der Waals surface area contributed by atoms with Gasteiger partial charge >= 0.3 is 0 Å². The maximum absolute atomic E-state index is 10.7. The van der Waals surface area contributed by atoms with Gasteiger partial charge in [0.05, 0.1) is 5.60 Å². The van der Waals surface area contributed by atoms with Crippen LogP contribution in [0.2, 0.25) is 0 Å². The van der Waals surface area contributed by atoms with Crippen LogP contribution < -0.4 is 5.32 Å². The van der Waals surface area contributed by atoms with E-state index in [4.69, 9.17) is 0 Å². The Morgan fingerprint density at radius 2 is 2.29 bits per heavy atom. The van der Waals surface area contributed by atoms with Gasteiger partial charge in [0.15, 0.2) is 0 Å². The number of hydrogen-bond donors (Lipinski definition) is 2. The second-order valence-corrected chi connectivity index (χ2v) is 6.61. The Balaban J connectivity index is 1.58. The smallest absolute Gasteiger partial charge is 0.125 e. The lowest BCUT2D eigenvalue weighted by atomic mass is 9.71. The maximum atomic E-state index is 10.7. The van der Waals surface area contributed by atoms with Crippen molar-refractivity contribution < 1.29 is 5.11 Å². The summed E-state index contributed by atoms with van der Waals surface area (Å²) in [5, 5.41) is 13.9. The van der Waals surface area contributed by atoms with E-state index >= 15 is 0 Å². The van der Waals surface area contributed by atoms with Crippen molar-refractivity contribution in [1.29, 1.82) is 0 Å². The van der Waals surface area contributed by atoms with Crippen molar-refractivity contribution in [3.8, 4) is 0 Å². The quantitative estimate of drug-likeness (QED) is 0.894. The lowest BCUT2D eigenvalue weighted by molar-refractivity contribution is -0.0968. The molecule has 1 aromatic heterocycles. The van der Waals surface area contributed by atoms with Crippen molar-refractivity contribution in [2.75, 3.05) is 25.0 Å². The Morgan fingerprint density at radius 1 is 1.38 bits per heavy atom. The molecule has 2 atom stereocenters. The third-order valence-electron chi connectivity index (χ3n) is 5.10. The van der Waals surface area contributed by atoms with Gasteiger partial charge in [0.25, 0.3) is 0 Å². The summed E-state index contributed by atoms with van der Waals surface area (Å²) in [5.41, 5.74) is 0.889. The van der Waals surface area contributed by atoms with Crippen molar-refractivity contribution in [3.63, 3.8) is 0 Å². The highest BCUT2D eigenvalue weighted by molar-refractivity contribution is 5.35. The van der Waals surface area contributed by atoms with Gasteiger partial charge in [0, 0.05) is 38.3 Å². The van der Waals surface area contributed by atoms with Gasteiger partial charge in [-0.25, -0.2) is 4.98 Å². The summed E-state index contributed by atoms with van der Waals surface area (Å²) in [6.45, 7) is 5.97. The fraction of sp³-hybridized carbons (Fsp3) is 0.706. The number of fused-ring (bicyclic) bond motifs is 1. The highest BCUT2D eigenvalue weighted by atomic mass is 16.3. The molecule has 2 aliphatic rings. The summed E-state index contributed by atoms with van der Waals surface area (Å²) < 4.78 is 0. The average molecular weight is 289 g/mol. The molecule has 3 rings (SSSR count). The van der Waals surface area contributed by atoms with Gasteiger partial charge in [-0.15, -0.1) is 0 Å². The van der Waals surface area contributed by atoms with Gasteiger partial charge < -0.3 is 10.4 Å². The van der Waals surface area contributed by atoms with E-state index in [0.717, 1.165) is 44.8 Å². The minimum Gasteiger partial charge on any atom is -0.390 e. The minimum atomic E-state index is -0.373. The third-order valence-corrected chi connectivity index (χ3v) is 5.10. The number of rotatable bonds is 4. The first-order valence-electron chi connectivity index (χ1n) is 8.33. The number of nitrogens with zero attached hydrogens (tertiary/aromatic N) is 2. The van der Waals surface area contributed by atoms with Crippen LogP contribution in [0.4, 0.5) is 5.82 Å². The zero-order valence-electron chi connectivity index (χ0n) is 13.0. The van der Waals surface area contributed by atoms with Crippen molar-refractivity contribution in [1.82, 2.24) is 9.88 Å². The van der Waals surface area contributed by atoms with Gasteiger partial charge in [-0.3, -0.25) is 4.90 Å². The molecule has 0 spiro atoms. The zero-order valence-corrected chi connectivity index (χ0v) is 13.0. The van der Waals surface area contributed by atoms with Crippen LogP contribution in [0.25, 0.3) is 0 Å². The van der Waals surface area contributed by atoms with Crippen LogP contribution in [0.5, 0.6) is 0 Å². The number of anilines is 1. The Hall–Kier alpha value is -1.13. The van der Waals surface area contributed by atoms with Gasteiger partial charge in [0.2, 0.25) is 0 Å². The Bertz CT molecular complexity index is 462. The zero-order chi connectivity index (χ0) is 14.7. The molecule has 0 radical (unpaired) electrons. The molecule has 1 saturated carbocycles. The van der Waals surface area contributed by atoms with Crippen molar-refractivity contribution in [2.24, 2.45) is 5.92 Å². The minimum absolute atomic E-state index is 0.373. The molecule has 2 N–H and O–H groups in total. The predicted octanol–water partition coefficient (Wildman–Crippen LogP) is 2.64. The van der Waals surface area contributed by atoms with Crippen molar-refractivity contribution >= 4 is 5.82 Å². The largest absolute Gasteiger partial charge is 0.390 e. The van der Waals surface area contributed by atoms with Gasteiger partial charge in [-0.05, 0) is 37.8 Å². The Kier molecular flexibility index (Phi) is 4.45. The molecular weight excluding hydrogens is 262 g/mol. The number of nitrogens with one attached hydrogen (secondary N) is 1. The number of pyridine rings is 1. The molecular formula is C17H27N3O. The fourth-order valence-electron chi connectivity index (χ4n) is 3.85. The molecule has 0 aromatic carbocycles. The van der Waals surface area contributed by atoms with E-state index in [1.165, 1.54) is 24.8 Å². The number of hydrogen-bond acceptors (Lipinski definition) is 4. The standard InChI is InChI=1S/C17H27N3O/c1-2-18-16-7-6-14(11-19-16)12-20-10-9-17(21)8-4-3-5-15(17)13-20/h6-7,11,15,21H,2-5,8-10,12-13H2,1H3,(H,18,19). The van der Waals surface area contributed by atoms with E-state index in [1.54, 1.807) is 0 Å². The normalized spacial score (nSPS) is 29.9. The molecule has 0 bridgehead atoms. The lowest BCUT2D eigenvalue weighted by Crippen LogP contribution is -2.52. The number of aliphatic hydroxyl groups is 1. The fourth-order valence-corrected chi connectivity index (χ4v) is 3.85. The molecule has 2 fully saturated rings. The van der Waals surface area contributed by atoms with Crippen LogP contribution >= 0.6 is 0 Å². The topological polar surface area (TPSA) is 48.4 Å². The van der Waals surface area contributed by atoms with Crippen molar-refractivity contribution in [2.45, 2.75) is 51.2 Å². The Morgan fingerprint density at radius 3 is 3.05 bits per heavy atom. The van der Waals surface area contributed by atoms with Gasteiger partial charge in [-0.1, -0.05) is 18.9 Å². The monoisotopic (exact) mass is 289 g/mol. The molecule has 1 saturated heterocycles. The van der Waals surface area contributed by atoms with Crippen LogP contribution in [0.1, 0.15) is 44.6 Å². The molecule has 4 nitrogen and oxygen atoms in total. The van der Waals surface area contributed by atoms with E-state index in [2.05, 4.69) is 34.3 Å². The molecule has 2 unspecified atom stereocenters. The second kappa shape index (κ2) is 6.32. The first-order valence-corrected chi connectivity index (χ1v) is 8.33. The van der Waals surface area contributed by atoms with Crippen molar-refractivity contribution in [3.05, 3.63) is 23.9 Å². The van der Waals surface area contributed by atoms with E-state index in [-0.39, 0.29) is 5.60 Å². The molecule has 1 aliphatic heterocycles. The number of piperidine rings is 1. The number of likely N-dealkylation sites (tertiary alicyclic amines) is 1. The van der Waals surface area contributed by atoms with Crippen LogP contribution in [0, 0.1) is 5.92 Å². The average Bonchev–Trinajstić information content (AvgIpc) is 2.50. The third kappa shape index (κ3) is 3.38. The lowest BCUT2D eigenvalue weighted by Gasteiger charge is -2.47. The first-order chi connectivity index (χ1) is 10.2. The molecule has 1 aliphatic carbocycles. The van der Waals surface area contributed by atoms with Crippen LogP contribution in [-0.4, -0.2) is 40.2 Å². The molecule has 116 valence electrons. The van der Waals surface area contributed by atoms with E-state index in [1.807, 2.05) is 6.20 Å². The van der Waals surface area contributed by atoms with E-state index < -0.39 is 0 Å². The second-order valence-electron chi connectivity index (χ2n) is 6.61. The van der Waals surface area contributed by atoms with Crippen LogP contribution in [0.15, 0.2) is 18.3 Å². The summed E-state index contributed by atoms with van der Waals surface area (Å²) in [7, 11) is 0. The van der Waals surface area contributed by atoms with E-state index in [0.29, 0.717) is 5.92 Å². The highest BCUT2D eigenvalue weighted by Crippen LogP contribution is 2.39. The summed E-state index contributed by atoms with van der Waals surface area (Å²) in [6.07, 6.45) is 7.57. The Labute approximate surface area is 127 Å². The molecule has 2 heterocycles. The van der Waals surface area contributed by atoms with Crippen LogP contribution in [-0.2, 0) is 6.54 Å². The molecule has 0 amide bonds. The van der Waals surface area contributed by atoms with Gasteiger partial charge in [0.1, 0.15) is 5.82 Å². The summed E-state index contributed by atoms with van der Waals surface area (Å²) in [4.78, 5) is 6.92.